The number of hydrogen-bond donors (Lipinski definition) is 1. The Hall–Kier alpha value is -2.77. The third-order valence-corrected chi connectivity index (χ3v) is 4.22. The van der Waals surface area contributed by atoms with Crippen molar-refractivity contribution in [1.29, 1.82) is 0 Å². The Kier molecular flexibility index (Phi) is 5.06. The SMILES string of the molecule is O=C(O)/C(=C/c1ccccc1[O-])Sc1nnc(-c2ccc(Cl)cc2)o1. The van der Waals surface area contributed by atoms with Crippen molar-refractivity contribution < 1.29 is 19.4 Å². The van der Waals surface area contributed by atoms with E-state index in [0.717, 1.165) is 11.8 Å². The fraction of sp³-hybridized carbons (Fsp3) is 0. The van der Waals surface area contributed by atoms with Gasteiger partial charge in [0.15, 0.2) is 0 Å². The first-order chi connectivity index (χ1) is 12.0. The molecule has 0 spiro atoms. The summed E-state index contributed by atoms with van der Waals surface area (Å²) in [7, 11) is 0. The van der Waals surface area contributed by atoms with E-state index >= 15 is 0 Å². The Morgan fingerprint density at radius 2 is 1.88 bits per heavy atom. The van der Waals surface area contributed by atoms with Gasteiger partial charge in [-0.25, -0.2) is 4.79 Å². The van der Waals surface area contributed by atoms with Crippen LogP contribution in [0.25, 0.3) is 17.5 Å². The Morgan fingerprint density at radius 1 is 1.16 bits per heavy atom. The minimum absolute atomic E-state index is 0.0574. The van der Waals surface area contributed by atoms with Gasteiger partial charge in [0.05, 0.1) is 0 Å². The number of thioether (sulfide) groups is 1. The number of aliphatic carboxylic acids is 1. The van der Waals surface area contributed by atoms with Crippen LogP contribution in [0, 0.1) is 0 Å². The first-order valence-corrected chi connectivity index (χ1v) is 8.21. The molecule has 25 heavy (non-hydrogen) atoms. The van der Waals surface area contributed by atoms with Crippen LogP contribution >= 0.6 is 23.4 Å². The van der Waals surface area contributed by atoms with Crippen LogP contribution in [0.15, 0.2) is 63.1 Å². The first-order valence-electron chi connectivity index (χ1n) is 7.01. The van der Waals surface area contributed by atoms with Crippen LogP contribution in [-0.2, 0) is 4.79 Å². The van der Waals surface area contributed by atoms with E-state index in [4.69, 9.17) is 16.0 Å². The highest BCUT2D eigenvalue weighted by Gasteiger charge is 2.16. The summed E-state index contributed by atoms with van der Waals surface area (Å²) in [5, 5.41) is 29.4. The fourth-order valence-electron chi connectivity index (χ4n) is 1.93. The van der Waals surface area contributed by atoms with Gasteiger partial charge in [-0.1, -0.05) is 35.9 Å². The third kappa shape index (κ3) is 4.20. The molecule has 0 bridgehead atoms. The van der Waals surface area contributed by atoms with E-state index in [0.29, 0.717) is 10.6 Å². The molecule has 0 amide bonds. The molecule has 0 atom stereocenters. The molecule has 0 radical (unpaired) electrons. The summed E-state index contributed by atoms with van der Waals surface area (Å²) in [4.78, 5) is 11.3. The van der Waals surface area contributed by atoms with Crippen molar-refractivity contribution in [2.24, 2.45) is 0 Å². The zero-order valence-corrected chi connectivity index (χ0v) is 14.1. The molecule has 0 aliphatic rings. The molecular formula is C17H10ClN2O4S-. The minimum Gasteiger partial charge on any atom is -0.872 e. The van der Waals surface area contributed by atoms with Crippen molar-refractivity contribution in [3.05, 3.63) is 64.0 Å². The molecule has 0 saturated carbocycles. The fourth-order valence-corrected chi connectivity index (χ4v) is 2.72. The highest BCUT2D eigenvalue weighted by molar-refractivity contribution is 8.03. The number of hydrogen-bond acceptors (Lipinski definition) is 6. The Labute approximate surface area is 151 Å². The standard InChI is InChI=1S/C17H11ClN2O4S/c18-12-7-5-10(6-8-12)15-19-20-17(24-15)25-14(16(22)23)9-11-3-1-2-4-13(11)21/h1-9,21H,(H,22,23)/p-1/b14-9-. The molecule has 3 rings (SSSR count). The Morgan fingerprint density at radius 3 is 2.56 bits per heavy atom. The van der Waals surface area contributed by atoms with Crippen molar-refractivity contribution in [1.82, 2.24) is 10.2 Å². The number of benzene rings is 2. The molecule has 0 aliphatic heterocycles. The monoisotopic (exact) mass is 373 g/mol. The van der Waals surface area contributed by atoms with Gasteiger partial charge in [-0.3, -0.25) is 0 Å². The van der Waals surface area contributed by atoms with Crippen molar-refractivity contribution in [3.8, 4) is 17.2 Å². The lowest BCUT2D eigenvalue weighted by molar-refractivity contribution is -0.268. The molecule has 6 nitrogen and oxygen atoms in total. The summed E-state index contributed by atoms with van der Waals surface area (Å²) in [5.41, 5.74) is 0.930. The molecule has 2 aromatic carbocycles. The van der Waals surface area contributed by atoms with Crippen molar-refractivity contribution >= 4 is 35.4 Å². The molecule has 0 unspecified atom stereocenters. The maximum absolute atomic E-state index is 11.7. The summed E-state index contributed by atoms with van der Waals surface area (Å²) in [6, 6.07) is 12.9. The van der Waals surface area contributed by atoms with E-state index in [2.05, 4.69) is 10.2 Å². The maximum Gasteiger partial charge on any atom is 0.342 e. The molecule has 1 heterocycles. The molecule has 0 saturated heterocycles. The quantitative estimate of drug-likeness (QED) is 0.537. The normalized spacial score (nSPS) is 11.5. The largest absolute Gasteiger partial charge is 0.872 e. The summed E-state index contributed by atoms with van der Waals surface area (Å²) in [6.45, 7) is 0. The number of aromatic nitrogens is 2. The lowest BCUT2D eigenvalue weighted by atomic mass is 10.2. The van der Waals surface area contributed by atoms with Crippen LogP contribution in [0.5, 0.6) is 5.75 Å². The molecule has 0 aliphatic carbocycles. The average Bonchev–Trinajstić information content (AvgIpc) is 3.05. The van der Waals surface area contributed by atoms with Crippen LogP contribution in [-0.4, -0.2) is 21.3 Å². The van der Waals surface area contributed by atoms with E-state index < -0.39 is 5.97 Å². The van der Waals surface area contributed by atoms with Crippen LogP contribution in [0.4, 0.5) is 0 Å². The van der Waals surface area contributed by atoms with Gasteiger partial charge < -0.3 is 14.6 Å². The molecule has 126 valence electrons. The second-order valence-corrected chi connectivity index (χ2v) is 6.26. The van der Waals surface area contributed by atoms with Gasteiger partial charge in [-0.2, -0.15) is 0 Å². The second kappa shape index (κ2) is 7.42. The third-order valence-electron chi connectivity index (χ3n) is 3.11. The van der Waals surface area contributed by atoms with E-state index in [1.165, 1.54) is 12.1 Å². The van der Waals surface area contributed by atoms with Gasteiger partial charge >= 0.3 is 5.97 Å². The summed E-state index contributed by atoms with van der Waals surface area (Å²) < 4.78 is 5.47. The van der Waals surface area contributed by atoms with Crippen LogP contribution in [0.2, 0.25) is 5.02 Å². The molecule has 1 aromatic heterocycles. The predicted molar refractivity (Wildman–Crippen MR) is 92.1 cm³/mol. The highest BCUT2D eigenvalue weighted by Crippen LogP contribution is 2.31. The highest BCUT2D eigenvalue weighted by atomic mass is 35.5. The predicted octanol–water partition coefficient (Wildman–Crippen LogP) is 3.68. The number of carboxylic acid groups (broad SMARTS) is 1. The number of halogens is 1. The number of para-hydroxylation sites is 1. The van der Waals surface area contributed by atoms with Gasteiger partial charge in [0.1, 0.15) is 4.91 Å². The van der Waals surface area contributed by atoms with Crippen LogP contribution in [0.1, 0.15) is 5.56 Å². The van der Waals surface area contributed by atoms with Crippen LogP contribution in [0.3, 0.4) is 0 Å². The zero-order chi connectivity index (χ0) is 17.8. The van der Waals surface area contributed by atoms with Gasteiger partial charge in [0, 0.05) is 10.6 Å². The number of carbonyl (C=O) groups is 1. The maximum atomic E-state index is 11.7. The second-order valence-electron chi connectivity index (χ2n) is 4.83. The Bertz CT molecular complexity index is 938. The average molecular weight is 374 g/mol. The van der Waals surface area contributed by atoms with Gasteiger partial charge in [0.2, 0.25) is 5.89 Å². The van der Waals surface area contributed by atoms with Crippen molar-refractivity contribution in [2.75, 3.05) is 0 Å². The van der Waals surface area contributed by atoms with Gasteiger partial charge in [-0.05, 0) is 47.7 Å². The lowest BCUT2D eigenvalue weighted by Gasteiger charge is -2.09. The molecular weight excluding hydrogens is 364 g/mol. The van der Waals surface area contributed by atoms with Crippen LogP contribution < -0.4 is 5.11 Å². The van der Waals surface area contributed by atoms with Gasteiger partial charge in [-0.15, -0.1) is 15.9 Å². The number of rotatable bonds is 5. The smallest absolute Gasteiger partial charge is 0.342 e. The summed E-state index contributed by atoms with van der Waals surface area (Å²) in [6.07, 6.45) is 1.28. The van der Waals surface area contributed by atoms with E-state index in [1.807, 2.05) is 0 Å². The van der Waals surface area contributed by atoms with E-state index in [-0.39, 0.29) is 27.3 Å². The Balaban J connectivity index is 1.85. The summed E-state index contributed by atoms with van der Waals surface area (Å²) >= 11 is 6.60. The van der Waals surface area contributed by atoms with Crippen molar-refractivity contribution in [2.45, 2.75) is 5.22 Å². The molecule has 3 aromatic rings. The van der Waals surface area contributed by atoms with E-state index in [9.17, 15) is 15.0 Å². The molecule has 8 heteroatoms. The molecule has 1 N–H and O–H groups in total. The number of carboxylic acids is 1. The number of nitrogens with zero attached hydrogens (tertiary/aromatic N) is 2. The van der Waals surface area contributed by atoms with Gasteiger partial charge in [0.25, 0.3) is 5.22 Å². The van der Waals surface area contributed by atoms with Crippen molar-refractivity contribution in [3.63, 3.8) is 0 Å². The molecule has 0 fully saturated rings. The minimum atomic E-state index is -1.19. The zero-order valence-electron chi connectivity index (χ0n) is 12.5. The first kappa shape index (κ1) is 17.1. The lowest BCUT2D eigenvalue weighted by Crippen LogP contribution is -1.98. The topological polar surface area (TPSA) is 99.3 Å². The van der Waals surface area contributed by atoms with E-state index in [1.54, 1.807) is 42.5 Å². The summed E-state index contributed by atoms with van der Waals surface area (Å²) in [5.74, 6) is -1.22.